The Morgan fingerprint density at radius 3 is 2.47 bits per heavy atom. The third-order valence-electron chi connectivity index (χ3n) is 2.70. The summed E-state index contributed by atoms with van der Waals surface area (Å²) in [6, 6.07) is 8.72. The van der Waals surface area contributed by atoms with Crippen LogP contribution < -0.4 is 16.0 Å². The molecule has 1 rings (SSSR count). The van der Waals surface area contributed by atoms with Gasteiger partial charge in [-0.05, 0) is 6.92 Å². The zero-order valence-corrected chi connectivity index (χ0v) is 10.1. The number of carbonyl (C=O) groups excluding carboxylic acids is 2. The number of benzene rings is 1. The molecular weight excluding hydrogens is 218 g/mol. The fourth-order valence-corrected chi connectivity index (χ4v) is 1.52. The molecule has 0 fully saturated rings. The van der Waals surface area contributed by atoms with E-state index in [4.69, 9.17) is 5.73 Å². The van der Waals surface area contributed by atoms with Gasteiger partial charge in [-0.3, -0.25) is 10.1 Å². The molecule has 1 aromatic carbocycles. The van der Waals surface area contributed by atoms with Gasteiger partial charge in [0.25, 0.3) is 5.91 Å². The minimum absolute atomic E-state index is 0.331. The van der Waals surface area contributed by atoms with Gasteiger partial charge in [-0.1, -0.05) is 30.3 Å². The maximum atomic E-state index is 11.6. The molecule has 1 aromatic rings. The second-order valence-electron chi connectivity index (χ2n) is 4.08. The Morgan fingerprint density at radius 2 is 1.94 bits per heavy atom. The molecule has 0 aliphatic rings. The van der Waals surface area contributed by atoms with Crippen LogP contribution in [-0.2, 0) is 11.3 Å². The predicted molar refractivity (Wildman–Crippen MR) is 64.2 cm³/mol. The van der Waals surface area contributed by atoms with Crippen molar-refractivity contribution in [1.82, 2.24) is 5.32 Å². The third kappa shape index (κ3) is 4.24. The van der Waals surface area contributed by atoms with Crippen LogP contribution in [0.2, 0.25) is 0 Å². The molecule has 0 saturated carbocycles. The highest BCUT2D eigenvalue weighted by Gasteiger charge is 2.22. The number of primary amides is 1. The van der Waals surface area contributed by atoms with Crippen molar-refractivity contribution in [3.8, 4) is 0 Å². The number of imide groups is 1. The summed E-state index contributed by atoms with van der Waals surface area (Å²) in [7, 11) is 1.90. The number of nitrogens with two attached hydrogens (primary N) is 1. The van der Waals surface area contributed by atoms with Gasteiger partial charge < -0.3 is 10.6 Å². The quantitative estimate of drug-likeness (QED) is 0.645. The van der Waals surface area contributed by atoms with E-state index in [2.05, 4.69) is 5.32 Å². The summed E-state index contributed by atoms with van der Waals surface area (Å²) >= 11 is 0. The van der Waals surface area contributed by atoms with Gasteiger partial charge in [0.15, 0.2) is 6.04 Å². The van der Waals surface area contributed by atoms with E-state index in [1.54, 1.807) is 6.92 Å². The standard InChI is InChI=1S/C12H17N3O2/c1-9(11(16)14-12(13)17)15(2)8-10-6-4-3-5-7-10/h3-7,9H,8H2,1-2H3,(H3,13,14,16,17)/p+1/t9-/m1/s1. The average Bonchev–Trinajstić information content (AvgIpc) is 2.28. The van der Waals surface area contributed by atoms with Crippen LogP contribution in [0.4, 0.5) is 4.79 Å². The lowest BCUT2D eigenvalue weighted by atomic mass is 10.2. The number of urea groups is 1. The molecule has 1 unspecified atom stereocenters. The van der Waals surface area contributed by atoms with Gasteiger partial charge in [0.05, 0.1) is 7.05 Å². The molecule has 5 nitrogen and oxygen atoms in total. The van der Waals surface area contributed by atoms with Crippen LogP contribution >= 0.6 is 0 Å². The molecule has 3 amide bonds. The summed E-state index contributed by atoms with van der Waals surface area (Å²) in [6.07, 6.45) is 0. The van der Waals surface area contributed by atoms with Crippen LogP contribution in [0.15, 0.2) is 30.3 Å². The molecular formula is C12H18N3O2+. The highest BCUT2D eigenvalue weighted by molar-refractivity contribution is 5.95. The normalized spacial score (nSPS) is 13.8. The van der Waals surface area contributed by atoms with Crippen LogP contribution in [0.25, 0.3) is 0 Å². The second kappa shape index (κ2) is 6.00. The first kappa shape index (κ1) is 13.2. The fraction of sp³-hybridized carbons (Fsp3) is 0.333. The molecule has 5 heteroatoms. The Bertz CT molecular complexity index is 392. The van der Waals surface area contributed by atoms with E-state index >= 15 is 0 Å². The Hall–Kier alpha value is -1.88. The van der Waals surface area contributed by atoms with E-state index in [0.717, 1.165) is 10.5 Å². The summed E-state index contributed by atoms with van der Waals surface area (Å²) in [4.78, 5) is 23.1. The van der Waals surface area contributed by atoms with Crippen molar-refractivity contribution in [3.05, 3.63) is 35.9 Å². The highest BCUT2D eigenvalue weighted by Crippen LogP contribution is 1.95. The van der Waals surface area contributed by atoms with Crippen molar-refractivity contribution in [3.63, 3.8) is 0 Å². The lowest BCUT2D eigenvalue weighted by Gasteiger charge is -2.20. The van der Waals surface area contributed by atoms with Crippen molar-refractivity contribution in [2.75, 3.05) is 7.05 Å². The number of rotatable bonds is 4. The molecule has 0 radical (unpaired) electrons. The number of likely N-dealkylation sites (N-methyl/N-ethyl adjacent to an activating group) is 1. The molecule has 4 N–H and O–H groups in total. The van der Waals surface area contributed by atoms with Crippen molar-refractivity contribution < 1.29 is 14.5 Å². The fourth-order valence-electron chi connectivity index (χ4n) is 1.52. The number of hydrogen-bond acceptors (Lipinski definition) is 2. The molecule has 0 aromatic heterocycles. The van der Waals surface area contributed by atoms with Crippen molar-refractivity contribution in [2.24, 2.45) is 5.73 Å². The van der Waals surface area contributed by atoms with Crippen molar-refractivity contribution in [1.29, 1.82) is 0 Å². The van der Waals surface area contributed by atoms with E-state index in [0.29, 0.717) is 6.54 Å². The number of nitrogens with one attached hydrogen (secondary N) is 2. The summed E-state index contributed by atoms with van der Waals surface area (Å²) < 4.78 is 0. The first-order valence-corrected chi connectivity index (χ1v) is 5.47. The Balaban J connectivity index is 2.55. The molecule has 0 saturated heterocycles. The first-order valence-electron chi connectivity index (χ1n) is 5.47. The molecule has 2 atom stereocenters. The van der Waals surface area contributed by atoms with Crippen molar-refractivity contribution >= 4 is 11.9 Å². The Morgan fingerprint density at radius 1 is 1.35 bits per heavy atom. The van der Waals surface area contributed by atoms with Crippen molar-refractivity contribution in [2.45, 2.75) is 19.5 Å². The van der Waals surface area contributed by atoms with Crippen LogP contribution in [-0.4, -0.2) is 25.0 Å². The summed E-state index contributed by atoms with van der Waals surface area (Å²) in [5, 5.41) is 2.09. The van der Waals surface area contributed by atoms with E-state index in [-0.39, 0.29) is 11.9 Å². The monoisotopic (exact) mass is 236 g/mol. The molecule has 0 heterocycles. The number of amides is 3. The van der Waals surface area contributed by atoms with Gasteiger partial charge in [-0.15, -0.1) is 0 Å². The SMILES string of the molecule is C[C@H](C(=O)NC(N)=O)[NH+](C)Cc1ccccc1. The van der Waals surface area contributed by atoms with Gasteiger partial charge in [0.1, 0.15) is 6.54 Å². The highest BCUT2D eigenvalue weighted by atomic mass is 16.2. The van der Waals surface area contributed by atoms with E-state index in [1.165, 1.54) is 0 Å². The number of carbonyl (C=O) groups is 2. The van der Waals surface area contributed by atoms with E-state index < -0.39 is 6.03 Å². The van der Waals surface area contributed by atoms with E-state index in [9.17, 15) is 9.59 Å². The Labute approximate surface area is 101 Å². The average molecular weight is 236 g/mol. The number of hydrogen-bond donors (Lipinski definition) is 3. The van der Waals surface area contributed by atoms with Gasteiger partial charge in [0, 0.05) is 5.56 Å². The first-order chi connectivity index (χ1) is 8.00. The van der Waals surface area contributed by atoms with Crippen LogP contribution in [0.1, 0.15) is 12.5 Å². The van der Waals surface area contributed by atoms with Gasteiger partial charge >= 0.3 is 6.03 Å². The maximum absolute atomic E-state index is 11.6. The zero-order chi connectivity index (χ0) is 12.8. The minimum Gasteiger partial charge on any atom is -0.351 e. The van der Waals surface area contributed by atoms with Gasteiger partial charge in [0.2, 0.25) is 0 Å². The van der Waals surface area contributed by atoms with E-state index in [1.807, 2.05) is 37.4 Å². The maximum Gasteiger partial charge on any atom is 0.319 e. The molecule has 0 bridgehead atoms. The largest absolute Gasteiger partial charge is 0.351 e. The summed E-state index contributed by atoms with van der Waals surface area (Å²) in [5.74, 6) is -0.356. The van der Waals surface area contributed by atoms with Gasteiger partial charge in [-0.25, -0.2) is 4.79 Å². The van der Waals surface area contributed by atoms with Gasteiger partial charge in [-0.2, -0.15) is 0 Å². The topological polar surface area (TPSA) is 76.6 Å². The van der Waals surface area contributed by atoms with Crippen LogP contribution in [0.5, 0.6) is 0 Å². The lowest BCUT2D eigenvalue weighted by molar-refractivity contribution is -0.908. The molecule has 17 heavy (non-hydrogen) atoms. The number of quaternary nitrogens is 1. The Kier molecular flexibility index (Phi) is 4.66. The lowest BCUT2D eigenvalue weighted by Crippen LogP contribution is -3.12. The molecule has 92 valence electrons. The predicted octanol–water partition coefficient (Wildman–Crippen LogP) is -0.715. The van der Waals surface area contributed by atoms with Crippen LogP contribution in [0.3, 0.4) is 0 Å². The second-order valence-corrected chi connectivity index (χ2v) is 4.08. The molecule has 0 aliphatic heterocycles. The smallest absolute Gasteiger partial charge is 0.319 e. The minimum atomic E-state index is -0.811. The zero-order valence-electron chi connectivity index (χ0n) is 10.1. The molecule has 0 aliphatic carbocycles. The summed E-state index contributed by atoms with van der Waals surface area (Å²) in [5.41, 5.74) is 6.05. The summed E-state index contributed by atoms with van der Waals surface area (Å²) in [6.45, 7) is 2.48. The third-order valence-corrected chi connectivity index (χ3v) is 2.70. The molecule has 0 spiro atoms. The van der Waals surface area contributed by atoms with Crippen LogP contribution in [0, 0.1) is 0 Å².